The lowest BCUT2D eigenvalue weighted by Gasteiger charge is -2.14. The number of hydrogen-bond donors (Lipinski definition) is 0. The molecule has 0 heterocycles. The molecule has 0 unspecified atom stereocenters. The van der Waals surface area contributed by atoms with Crippen LogP contribution in [0.15, 0.2) is 5.16 Å². The Bertz CT molecular complexity index is 102. The Morgan fingerprint density at radius 1 is 1.50 bits per heavy atom. The number of hydrogen-bond acceptors (Lipinski definition) is 2. The summed E-state index contributed by atoms with van der Waals surface area (Å²) in [5.74, 6) is 0. The van der Waals surface area contributed by atoms with Crippen molar-refractivity contribution in [1.29, 1.82) is 0 Å². The van der Waals surface area contributed by atoms with Gasteiger partial charge in [0.2, 0.25) is 0 Å². The summed E-state index contributed by atoms with van der Waals surface area (Å²) in [5, 5.41) is 3.77. The zero-order chi connectivity index (χ0) is 8.04. The maximum absolute atomic E-state index is 5.07. The molecule has 0 aromatic heterocycles. The van der Waals surface area contributed by atoms with Crippen LogP contribution in [0.2, 0.25) is 0 Å². The molecular formula is C8H16NO. The first-order valence-electron chi connectivity index (χ1n) is 3.55. The molecule has 0 fully saturated rings. The quantitative estimate of drug-likeness (QED) is 0.438. The number of rotatable bonds is 3. The molecule has 0 spiro atoms. The molecule has 0 aliphatic carbocycles. The predicted molar refractivity (Wildman–Crippen MR) is 43.9 cm³/mol. The third-order valence-corrected chi connectivity index (χ3v) is 0.734. The summed E-state index contributed by atoms with van der Waals surface area (Å²) in [7, 11) is 0. The van der Waals surface area contributed by atoms with Gasteiger partial charge in [0.25, 0.3) is 0 Å². The molecular weight excluding hydrogens is 126 g/mol. The lowest BCUT2D eigenvalue weighted by atomic mass is 10.2. The van der Waals surface area contributed by atoms with E-state index >= 15 is 0 Å². The fourth-order valence-electron chi connectivity index (χ4n) is 0.339. The molecule has 2 heteroatoms. The van der Waals surface area contributed by atoms with Crippen LogP contribution < -0.4 is 0 Å². The van der Waals surface area contributed by atoms with Gasteiger partial charge in [0.15, 0.2) is 0 Å². The average molecular weight is 142 g/mol. The van der Waals surface area contributed by atoms with Crippen molar-refractivity contribution in [3.8, 4) is 0 Å². The SMILES string of the molecule is [CH2]CCC=NOC(C)(C)C. The topological polar surface area (TPSA) is 21.6 Å². The summed E-state index contributed by atoms with van der Waals surface area (Å²) >= 11 is 0. The van der Waals surface area contributed by atoms with E-state index in [-0.39, 0.29) is 5.60 Å². The molecule has 59 valence electrons. The van der Waals surface area contributed by atoms with Crippen LogP contribution in [0.4, 0.5) is 0 Å². The van der Waals surface area contributed by atoms with Crippen molar-refractivity contribution in [3.05, 3.63) is 6.92 Å². The Morgan fingerprint density at radius 3 is 2.50 bits per heavy atom. The van der Waals surface area contributed by atoms with E-state index in [1.54, 1.807) is 6.21 Å². The summed E-state index contributed by atoms with van der Waals surface area (Å²) < 4.78 is 0. The molecule has 0 rings (SSSR count). The van der Waals surface area contributed by atoms with E-state index in [1.165, 1.54) is 0 Å². The standard InChI is InChI=1S/C8H16NO/c1-5-6-7-9-10-8(2,3)4/h7H,1,5-6H2,2-4H3. The summed E-state index contributed by atoms with van der Waals surface area (Å²) in [6.45, 7) is 9.57. The van der Waals surface area contributed by atoms with E-state index in [9.17, 15) is 0 Å². The Morgan fingerprint density at radius 2 is 2.10 bits per heavy atom. The Hall–Kier alpha value is -0.530. The largest absolute Gasteiger partial charge is 0.390 e. The summed E-state index contributed by atoms with van der Waals surface area (Å²) in [6, 6.07) is 0. The molecule has 10 heavy (non-hydrogen) atoms. The summed E-state index contributed by atoms with van der Waals surface area (Å²) in [4.78, 5) is 5.07. The number of nitrogens with zero attached hydrogens (tertiary/aromatic N) is 1. The molecule has 0 atom stereocenters. The first-order chi connectivity index (χ1) is 4.56. The molecule has 2 nitrogen and oxygen atoms in total. The summed E-state index contributed by atoms with van der Waals surface area (Å²) in [5.41, 5.74) is -0.169. The Kier molecular flexibility index (Phi) is 4.08. The van der Waals surface area contributed by atoms with Crippen molar-refractivity contribution < 1.29 is 4.84 Å². The molecule has 0 aliphatic heterocycles. The van der Waals surface area contributed by atoms with Crippen LogP contribution in [-0.2, 0) is 4.84 Å². The smallest absolute Gasteiger partial charge is 0.129 e. The van der Waals surface area contributed by atoms with Crippen molar-refractivity contribution in [3.63, 3.8) is 0 Å². The van der Waals surface area contributed by atoms with Gasteiger partial charge in [-0.1, -0.05) is 12.1 Å². The van der Waals surface area contributed by atoms with Crippen LogP contribution in [0.1, 0.15) is 33.6 Å². The first-order valence-corrected chi connectivity index (χ1v) is 3.55. The average Bonchev–Trinajstić information content (AvgIpc) is 1.78. The van der Waals surface area contributed by atoms with Crippen LogP contribution in [0.25, 0.3) is 0 Å². The molecule has 0 aliphatic rings. The van der Waals surface area contributed by atoms with Gasteiger partial charge >= 0.3 is 0 Å². The molecule has 0 saturated carbocycles. The normalized spacial score (nSPS) is 12.4. The van der Waals surface area contributed by atoms with Crippen LogP contribution in [0.5, 0.6) is 0 Å². The highest BCUT2D eigenvalue weighted by Crippen LogP contribution is 2.05. The zero-order valence-electron chi connectivity index (χ0n) is 7.05. The van der Waals surface area contributed by atoms with Gasteiger partial charge in [-0.05, 0) is 33.6 Å². The van der Waals surface area contributed by atoms with E-state index in [2.05, 4.69) is 12.1 Å². The minimum atomic E-state index is -0.169. The number of oxime groups is 1. The molecule has 0 amide bonds. The van der Waals surface area contributed by atoms with Crippen molar-refractivity contribution in [2.75, 3.05) is 0 Å². The van der Waals surface area contributed by atoms with Crippen LogP contribution in [0.3, 0.4) is 0 Å². The van der Waals surface area contributed by atoms with Crippen LogP contribution in [-0.4, -0.2) is 11.8 Å². The van der Waals surface area contributed by atoms with Crippen molar-refractivity contribution in [2.45, 2.75) is 39.2 Å². The van der Waals surface area contributed by atoms with Gasteiger partial charge in [0.1, 0.15) is 5.60 Å². The minimum Gasteiger partial charge on any atom is -0.390 e. The van der Waals surface area contributed by atoms with Gasteiger partial charge < -0.3 is 4.84 Å². The maximum atomic E-state index is 5.07. The monoisotopic (exact) mass is 142 g/mol. The lowest BCUT2D eigenvalue weighted by molar-refractivity contribution is 0.00159. The van der Waals surface area contributed by atoms with E-state index in [0.717, 1.165) is 12.8 Å². The van der Waals surface area contributed by atoms with Gasteiger partial charge in [0, 0.05) is 6.21 Å². The molecule has 0 aromatic rings. The van der Waals surface area contributed by atoms with E-state index in [0.29, 0.717) is 0 Å². The molecule has 1 radical (unpaired) electrons. The van der Waals surface area contributed by atoms with Gasteiger partial charge in [-0.25, -0.2) is 0 Å². The van der Waals surface area contributed by atoms with Crippen molar-refractivity contribution in [2.24, 2.45) is 5.16 Å². The van der Waals surface area contributed by atoms with Gasteiger partial charge in [-0.3, -0.25) is 0 Å². The van der Waals surface area contributed by atoms with Crippen LogP contribution >= 0.6 is 0 Å². The lowest BCUT2D eigenvalue weighted by Crippen LogP contribution is -2.15. The van der Waals surface area contributed by atoms with Crippen molar-refractivity contribution >= 4 is 6.21 Å². The number of unbranched alkanes of at least 4 members (excludes halogenated alkanes) is 1. The zero-order valence-corrected chi connectivity index (χ0v) is 7.05. The highest BCUT2D eigenvalue weighted by Gasteiger charge is 2.08. The fourth-order valence-corrected chi connectivity index (χ4v) is 0.339. The first kappa shape index (κ1) is 9.47. The molecule has 0 aromatic carbocycles. The summed E-state index contributed by atoms with van der Waals surface area (Å²) in [6.07, 6.45) is 3.51. The maximum Gasteiger partial charge on any atom is 0.129 e. The highest BCUT2D eigenvalue weighted by molar-refractivity contribution is 5.56. The van der Waals surface area contributed by atoms with Gasteiger partial charge in [-0.2, -0.15) is 0 Å². The second kappa shape index (κ2) is 4.31. The molecule has 0 saturated heterocycles. The van der Waals surface area contributed by atoms with E-state index in [1.807, 2.05) is 20.8 Å². The van der Waals surface area contributed by atoms with Gasteiger partial charge in [-0.15, -0.1) is 0 Å². The third-order valence-electron chi connectivity index (χ3n) is 0.734. The van der Waals surface area contributed by atoms with Crippen molar-refractivity contribution in [1.82, 2.24) is 0 Å². The second-order valence-electron chi connectivity index (χ2n) is 3.13. The van der Waals surface area contributed by atoms with Gasteiger partial charge in [0.05, 0.1) is 0 Å². The van der Waals surface area contributed by atoms with E-state index < -0.39 is 0 Å². The third kappa shape index (κ3) is 7.47. The second-order valence-corrected chi connectivity index (χ2v) is 3.13. The molecule has 0 N–H and O–H groups in total. The van der Waals surface area contributed by atoms with E-state index in [4.69, 9.17) is 4.84 Å². The fraction of sp³-hybridized carbons (Fsp3) is 0.750. The minimum absolute atomic E-state index is 0.169. The Labute approximate surface area is 63.3 Å². The highest BCUT2D eigenvalue weighted by atomic mass is 16.6. The predicted octanol–water partition coefficient (Wildman–Crippen LogP) is 2.40. The molecule has 0 bridgehead atoms. The van der Waals surface area contributed by atoms with Crippen LogP contribution in [0, 0.1) is 6.92 Å². The Balaban J connectivity index is 3.34.